The van der Waals surface area contributed by atoms with Gasteiger partial charge in [-0.3, -0.25) is 4.98 Å². The average Bonchev–Trinajstić information content (AvgIpc) is 2.44. The van der Waals surface area contributed by atoms with E-state index in [0.717, 1.165) is 48.3 Å². The van der Waals surface area contributed by atoms with E-state index in [9.17, 15) is 0 Å². The van der Waals surface area contributed by atoms with Gasteiger partial charge in [-0.2, -0.15) is 0 Å². The van der Waals surface area contributed by atoms with Crippen LogP contribution >= 0.6 is 0 Å². The first-order valence-electron chi connectivity index (χ1n) is 6.81. The first-order valence-corrected chi connectivity index (χ1v) is 6.81. The van der Waals surface area contributed by atoms with Crippen molar-refractivity contribution in [3.63, 3.8) is 0 Å². The lowest BCUT2D eigenvalue weighted by Crippen LogP contribution is -2.25. The predicted molar refractivity (Wildman–Crippen MR) is 82.1 cm³/mol. The molecule has 0 aliphatic carbocycles. The van der Waals surface area contributed by atoms with Gasteiger partial charge in [-0.1, -0.05) is 13.8 Å². The summed E-state index contributed by atoms with van der Waals surface area (Å²) in [5, 5.41) is 0.937. The van der Waals surface area contributed by atoms with Gasteiger partial charge in [-0.15, -0.1) is 0 Å². The summed E-state index contributed by atoms with van der Waals surface area (Å²) in [7, 11) is 0. The zero-order chi connectivity index (χ0) is 13.8. The van der Waals surface area contributed by atoms with Crippen LogP contribution in [-0.2, 0) is 6.42 Å². The Hall–Kier alpha value is -1.81. The standard InChI is InChI=1S/C15H22N4/c1-3-19(4-2)10-9-11-5-6-12-13(16)7-8-14(17)15(12)18-11/h5-8H,3-4,9-10,16-17H2,1-2H3. The number of nitrogen functional groups attached to an aromatic ring is 2. The molecule has 0 amide bonds. The fourth-order valence-electron chi connectivity index (χ4n) is 2.25. The molecule has 1 heterocycles. The van der Waals surface area contributed by atoms with E-state index in [4.69, 9.17) is 11.5 Å². The quantitative estimate of drug-likeness (QED) is 0.807. The summed E-state index contributed by atoms with van der Waals surface area (Å²) in [5.41, 5.74) is 15.2. The van der Waals surface area contributed by atoms with Gasteiger partial charge >= 0.3 is 0 Å². The van der Waals surface area contributed by atoms with Gasteiger partial charge in [0.1, 0.15) is 0 Å². The molecule has 0 radical (unpaired) electrons. The molecule has 0 spiro atoms. The Labute approximate surface area is 114 Å². The van der Waals surface area contributed by atoms with Crippen molar-refractivity contribution in [1.29, 1.82) is 0 Å². The second-order valence-electron chi connectivity index (χ2n) is 4.72. The molecule has 102 valence electrons. The highest BCUT2D eigenvalue weighted by Crippen LogP contribution is 2.25. The lowest BCUT2D eigenvalue weighted by molar-refractivity contribution is 0.307. The first kappa shape index (κ1) is 13.6. The Balaban J connectivity index is 2.24. The fraction of sp³-hybridized carbons (Fsp3) is 0.400. The number of pyridine rings is 1. The van der Waals surface area contributed by atoms with Crippen LogP contribution in [0, 0.1) is 0 Å². The van der Waals surface area contributed by atoms with Gasteiger partial charge < -0.3 is 16.4 Å². The minimum atomic E-state index is 0.689. The van der Waals surface area contributed by atoms with Crippen molar-refractivity contribution < 1.29 is 0 Å². The van der Waals surface area contributed by atoms with E-state index in [0.29, 0.717) is 5.69 Å². The number of hydrogen-bond acceptors (Lipinski definition) is 4. The number of nitrogens with two attached hydrogens (primary N) is 2. The van der Waals surface area contributed by atoms with Crippen LogP contribution < -0.4 is 11.5 Å². The van der Waals surface area contributed by atoms with E-state index in [2.05, 4.69) is 23.7 Å². The fourth-order valence-corrected chi connectivity index (χ4v) is 2.25. The summed E-state index contributed by atoms with van der Waals surface area (Å²) in [4.78, 5) is 7.03. The SMILES string of the molecule is CCN(CC)CCc1ccc2c(N)ccc(N)c2n1. The summed E-state index contributed by atoms with van der Waals surface area (Å²) in [6, 6.07) is 7.71. The van der Waals surface area contributed by atoms with Crippen molar-refractivity contribution in [2.24, 2.45) is 0 Å². The van der Waals surface area contributed by atoms with Crippen molar-refractivity contribution in [3.05, 3.63) is 30.0 Å². The molecule has 0 saturated heterocycles. The van der Waals surface area contributed by atoms with Gasteiger partial charge in [0.2, 0.25) is 0 Å². The highest BCUT2D eigenvalue weighted by Gasteiger charge is 2.06. The molecule has 4 N–H and O–H groups in total. The molecule has 0 aliphatic heterocycles. The monoisotopic (exact) mass is 258 g/mol. The molecule has 0 saturated carbocycles. The molecule has 0 bridgehead atoms. The lowest BCUT2D eigenvalue weighted by Gasteiger charge is -2.17. The number of hydrogen-bond donors (Lipinski definition) is 2. The van der Waals surface area contributed by atoms with Crippen LogP contribution in [0.25, 0.3) is 10.9 Å². The maximum absolute atomic E-state index is 5.97. The lowest BCUT2D eigenvalue weighted by atomic mass is 10.1. The van der Waals surface area contributed by atoms with Gasteiger partial charge in [0.05, 0.1) is 11.2 Å². The molecule has 4 heteroatoms. The number of benzene rings is 1. The van der Waals surface area contributed by atoms with E-state index in [1.54, 1.807) is 0 Å². The topological polar surface area (TPSA) is 68.2 Å². The van der Waals surface area contributed by atoms with E-state index >= 15 is 0 Å². The first-order chi connectivity index (χ1) is 9.15. The van der Waals surface area contributed by atoms with Crippen LogP contribution in [0.1, 0.15) is 19.5 Å². The maximum atomic E-state index is 5.97. The molecule has 19 heavy (non-hydrogen) atoms. The third-order valence-electron chi connectivity index (χ3n) is 3.56. The van der Waals surface area contributed by atoms with Crippen LogP contribution in [0.4, 0.5) is 11.4 Å². The Bertz CT molecular complexity index is 561. The summed E-state index contributed by atoms with van der Waals surface area (Å²) in [6.07, 6.45) is 0.936. The summed E-state index contributed by atoms with van der Waals surface area (Å²) < 4.78 is 0. The Kier molecular flexibility index (Phi) is 4.22. The Morgan fingerprint density at radius 3 is 2.37 bits per heavy atom. The van der Waals surface area contributed by atoms with E-state index < -0.39 is 0 Å². The number of nitrogens with zero attached hydrogens (tertiary/aromatic N) is 2. The van der Waals surface area contributed by atoms with Gasteiger partial charge in [0.15, 0.2) is 0 Å². The zero-order valence-corrected chi connectivity index (χ0v) is 11.7. The predicted octanol–water partition coefficient (Wildman–Crippen LogP) is 2.28. The van der Waals surface area contributed by atoms with E-state index in [1.807, 2.05) is 24.3 Å². The van der Waals surface area contributed by atoms with Crippen molar-refractivity contribution in [1.82, 2.24) is 9.88 Å². The van der Waals surface area contributed by atoms with Crippen molar-refractivity contribution in [2.75, 3.05) is 31.1 Å². The Morgan fingerprint density at radius 1 is 1.00 bits per heavy atom. The van der Waals surface area contributed by atoms with Gasteiger partial charge in [-0.25, -0.2) is 0 Å². The molecule has 1 aromatic carbocycles. The number of likely N-dealkylation sites (N-methyl/N-ethyl adjacent to an activating group) is 1. The van der Waals surface area contributed by atoms with Crippen molar-refractivity contribution >= 4 is 22.3 Å². The van der Waals surface area contributed by atoms with Crippen LogP contribution in [0.2, 0.25) is 0 Å². The number of fused-ring (bicyclic) bond motifs is 1. The molecular weight excluding hydrogens is 236 g/mol. The molecule has 0 unspecified atom stereocenters. The summed E-state index contributed by atoms with van der Waals surface area (Å²) >= 11 is 0. The number of rotatable bonds is 5. The van der Waals surface area contributed by atoms with Crippen molar-refractivity contribution in [2.45, 2.75) is 20.3 Å². The minimum absolute atomic E-state index is 0.689. The number of anilines is 2. The van der Waals surface area contributed by atoms with Crippen LogP contribution in [0.3, 0.4) is 0 Å². The Morgan fingerprint density at radius 2 is 1.68 bits per heavy atom. The second-order valence-corrected chi connectivity index (χ2v) is 4.72. The second kappa shape index (κ2) is 5.89. The minimum Gasteiger partial charge on any atom is -0.398 e. The third kappa shape index (κ3) is 2.96. The molecule has 2 aromatic rings. The average molecular weight is 258 g/mol. The molecule has 2 rings (SSSR count). The van der Waals surface area contributed by atoms with E-state index in [1.165, 1.54) is 0 Å². The molecule has 0 atom stereocenters. The highest BCUT2D eigenvalue weighted by atomic mass is 15.1. The third-order valence-corrected chi connectivity index (χ3v) is 3.56. The number of aromatic nitrogens is 1. The van der Waals surface area contributed by atoms with Crippen LogP contribution in [0.15, 0.2) is 24.3 Å². The molecule has 4 nitrogen and oxygen atoms in total. The van der Waals surface area contributed by atoms with Gasteiger partial charge in [-0.05, 0) is 37.4 Å². The molecule has 1 aromatic heterocycles. The van der Waals surface area contributed by atoms with Gasteiger partial charge in [0, 0.05) is 29.7 Å². The highest BCUT2D eigenvalue weighted by molar-refractivity contribution is 5.97. The normalized spacial score (nSPS) is 11.3. The molecule has 0 fully saturated rings. The molecular formula is C15H22N4. The molecule has 0 aliphatic rings. The van der Waals surface area contributed by atoms with Crippen molar-refractivity contribution in [3.8, 4) is 0 Å². The van der Waals surface area contributed by atoms with E-state index in [-0.39, 0.29) is 0 Å². The van der Waals surface area contributed by atoms with Crippen LogP contribution in [0.5, 0.6) is 0 Å². The smallest absolute Gasteiger partial charge is 0.0955 e. The maximum Gasteiger partial charge on any atom is 0.0955 e. The van der Waals surface area contributed by atoms with Crippen LogP contribution in [-0.4, -0.2) is 29.5 Å². The largest absolute Gasteiger partial charge is 0.398 e. The summed E-state index contributed by atoms with van der Waals surface area (Å²) in [5.74, 6) is 0. The summed E-state index contributed by atoms with van der Waals surface area (Å²) in [6.45, 7) is 7.51. The van der Waals surface area contributed by atoms with Gasteiger partial charge in [0.25, 0.3) is 0 Å². The zero-order valence-electron chi connectivity index (χ0n) is 11.7.